The molecule has 11 heteroatoms. The van der Waals surface area contributed by atoms with Crippen molar-refractivity contribution < 1.29 is 37.1 Å². The zero-order valence-corrected chi connectivity index (χ0v) is 14.4. The van der Waals surface area contributed by atoms with E-state index < -0.39 is 31.0 Å². The zero-order valence-electron chi connectivity index (χ0n) is 14.4. The lowest BCUT2D eigenvalue weighted by Gasteiger charge is -2.22. The number of rotatable bonds is 4. The van der Waals surface area contributed by atoms with E-state index in [1.807, 2.05) is 0 Å². The Balaban J connectivity index is 1.87. The fraction of sp³-hybridized carbons (Fsp3) is 0.294. The van der Waals surface area contributed by atoms with E-state index in [9.17, 15) is 32.4 Å². The molecule has 1 aromatic heterocycles. The van der Waals surface area contributed by atoms with Crippen molar-refractivity contribution in [3.63, 3.8) is 0 Å². The first kappa shape index (κ1) is 20.1. The maximum Gasteiger partial charge on any atom is 0.573 e. The first-order chi connectivity index (χ1) is 13.1. The molecule has 3 rings (SSSR count). The van der Waals surface area contributed by atoms with Crippen LogP contribution in [0.25, 0.3) is 0 Å². The fourth-order valence-corrected chi connectivity index (χ4v) is 2.97. The molecule has 0 atom stereocenters. The van der Waals surface area contributed by atoms with Gasteiger partial charge >= 0.3 is 13.5 Å². The Morgan fingerprint density at radius 3 is 2.68 bits per heavy atom. The summed E-state index contributed by atoms with van der Waals surface area (Å²) in [6.07, 6.45) is -2.71. The van der Waals surface area contributed by atoms with Crippen molar-refractivity contribution in [3.05, 3.63) is 53.1 Å². The highest BCUT2D eigenvalue weighted by molar-refractivity contribution is 6.58. The fourth-order valence-electron chi connectivity index (χ4n) is 2.97. The van der Waals surface area contributed by atoms with Gasteiger partial charge in [0, 0.05) is 30.3 Å². The van der Waals surface area contributed by atoms with Crippen LogP contribution in [0.2, 0.25) is 0 Å². The number of fused-ring (bicyclic) bond motifs is 1. The number of carbonyl (C=O) groups excluding carboxylic acids is 1. The number of benzene rings is 1. The molecule has 1 aliphatic rings. The molecule has 2 heterocycles. The van der Waals surface area contributed by atoms with Gasteiger partial charge in [-0.25, -0.2) is 4.39 Å². The quantitative estimate of drug-likeness (QED) is 0.601. The van der Waals surface area contributed by atoms with Crippen LogP contribution in [0.5, 0.6) is 5.75 Å². The van der Waals surface area contributed by atoms with Gasteiger partial charge < -0.3 is 19.7 Å². The normalized spacial score (nSPS) is 14.5. The summed E-state index contributed by atoms with van der Waals surface area (Å²) in [4.78, 5) is 18.2. The number of nitrogens with zero attached hydrogens (tertiary/aromatic N) is 2. The van der Waals surface area contributed by atoms with Gasteiger partial charge in [-0.3, -0.25) is 9.78 Å². The minimum Gasteiger partial charge on any atom is -0.423 e. The van der Waals surface area contributed by atoms with Gasteiger partial charge in [0.2, 0.25) is 0 Å². The van der Waals surface area contributed by atoms with Crippen molar-refractivity contribution in [1.82, 2.24) is 9.88 Å². The molecule has 0 aliphatic carbocycles. The Morgan fingerprint density at radius 2 is 2.00 bits per heavy atom. The van der Waals surface area contributed by atoms with Crippen molar-refractivity contribution in [1.29, 1.82) is 0 Å². The summed E-state index contributed by atoms with van der Waals surface area (Å²) in [6.45, 7) is -0.0406. The molecule has 0 spiro atoms. The maximum absolute atomic E-state index is 14.1. The van der Waals surface area contributed by atoms with Crippen LogP contribution in [0.1, 0.15) is 28.0 Å². The highest BCUT2D eigenvalue weighted by atomic mass is 19.4. The molecule has 1 aliphatic heterocycles. The molecule has 0 unspecified atom stereocenters. The van der Waals surface area contributed by atoms with E-state index in [-0.39, 0.29) is 29.7 Å². The van der Waals surface area contributed by atoms with Gasteiger partial charge in [0.1, 0.15) is 11.6 Å². The minimum atomic E-state index is -4.92. The number of amides is 1. The van der Waals surface area contributed by atoms with Gasteiger partial charge in [0.15, 0.2) is 0 Å². The van der Waals surface area contributed by atoms with Crippen molar-refractivity contribution in [2.45, 2.75) is 25.7 Å². The van der Waals surface area contributed by atoms with E-state index in [0.717, 1.165) is 18.2 Å². The predicted molar refractivity (Wildman–Crippen MR) is 90.2 cm³/mol. The topological polar surface area (TPSA) is 82.9 Å². The number of pyridine rings is 1. The van der Waals surface area contributed by atoms with Gasteiger partial charge in [-0.1, -0.05) is 0 Å². The molecule has 2 N–H and O–H groups in total. The van der Waals surface area contributed by atoms with Crippen LogP contribution >= 0.6 is 0 Å². The molecule has 0 saturated heterocycles. The molecule has 0 bridgehead atoms. The molecule has 2 aromatic rings. The molecule has 148 valence electrons. The van der Waals surface area contributed by atoms with Crippen LogP contribution in [-0.4, -0.2) is 45.9 Å². The van der Waals surface area contributed by atoms with Gasteiger partial charge in [-0.2, -0.15) is 0 Å². The van der Waals surface area contributed by atoms with Crippen LogP contribution in [0.15, 0.2) is 30.5 Å². The number of aromatic nitrogens is 1. The Labute approximate surface area is 157 Å². The standard InChI is InChI=1S/C17H15BF4N2O4/c19-14-4-3-12(28-17(20,21)22)6-10(14)9-24-5-1-2-15-13(16(24)25)7-11(8-23-15)18(26)27/h3-4,6-8,26-27H,1-2,5,9H2. The summed E-state index contributed by atoms with van der Waals surface area (Å²) in [5.74, 6) is -1.88. The summed E-state index contributed by atoms with van der Waals surface area (Å²) in [7, 11) is -1.81. The molecule has 0 saturated carbocycles. The number of hydrogen-bond donors (Lipinski definition) is 2. The molecule has 6 nitrogen and oxygen atoms in total. The molecular formula is C17H15BF4N2O4. The van der Waals surface area contributed by atoms with Gasteiger partial charge in [0.25, 0.3) is 5.91 Å². The number of alkyl halides is 3. The van der Waals surface area contributed by atoms with E-state index in [4.69, 9.17) is 0 Å². The first-order valence-corrected chi connectivity index (χ1v) is 8.32. The largest absolute Gasteiger partial charge is 0.573 e. The van der Waals surface area contributed by atoms with Crippen LogP contribution in [0.3, 0.4) is 0 Å². The first-order valence-electron chi connectivity index (χ1n) is 8.32. The molecule has 1 aromatic carbocycles. The summed E-state index contributed by atoms with van der Waals surface area (Å²) >= 11 is 0. The number of carbonyl (C=O) groups is 1. The SMILES string of the molecule is O=C1c2cc(B(O)O)cnc2CCCN1Cc1cc(OC(F)(F)F)ccc1F. The number of ether oxygens (including phenoxy) is 1. The predicted octanol–water partition coefficient (Wildman–Crippen LogP) is 1.39. The average molecular weight is 398 g/mol. The van der Waals surface area contributed by atoms with Gasteiger partial charge in [-0.15, -0.1) is 13.2 Å². The third kappa shape index (κ3) is 4.60. The van der Waals surface area contributed by atoms with E-state index in [1.54, 1.807) is 0 Å². The second-order valence-electron chi connectivity index (χ2n) is 6.27. The van der Waals surface area contributed by atoms with Crippen LogP contribution in [-0.2, 0) is 13.0 Å². The zero-order chi connectivity index (χ0) is 20.5. The lowest BCUT2D eigenvalue weighted by molar-refractivity contribution is -0.274. The van der Waals surface area contributed by atoms with Crippen molar-refractivity contribution in [2.75, 3.05) is 6.54 Å². The summed E-state index contributed by atoms with van der Waals surface area (Å²) in [6, 6.07) is 3.89. The molecule has 1 amide bonds. The molecule has 0 fully saturated rings. The van der Waals surface area contributed by atoms with Crippen molar-refractivity contribution in [2.24, 2.45) is 0 Å². The third-order valence-electron chi connectivity index (χ3n) is 4.26. The number of hydrogen-bond acceptors (Lipinski definition) is 5. The molecule has 0 radical (unpaired) electrons. The van der Waals surface area contributed by atoms with Crippen LogP contribution in [0, 0.1) is 5.82 Å². The third-order valence-corrected chi connectivity index (χ3v) is 4.26. The second kappa shape index (κ2) is 7.76. The van der Waals surface area contributed by atoms with E-state index in [0.29, 0.717) is 18.5 Å². The maximum atomic E-state index is 14.1. The molecule has 28 heavy (non-hydrogen) atoms. The number of aryl methyl sites for hydroxylation is 1. The Hall–Kier alpha value is -2.66. The van der Waals surface area contributed by atoms with Crippen LogP contribution < -0.4 is 10.2 Å². The highest BCUT2D eigenvalue weighted by Crippen LogP contribution is 2.26. The van der Waals surface area contributed by atoms with Gasteiger partial charge in [-0.05, 0) is 37.1 Å². The summed E-state index contributed by atoms with van der Waals surface area (Å²) < 4.78 is 55.1. The summed E-state index contributed by atoms with van der Waals surface area (Å²) in [5.41, 5.74) is 0.503. The second-order valence-corrected chi connectivity index (χ2v) is 6.27. The van der Waals surface area contributed by atoms with Gasteiger partial charge in [0.05, 0.1) is 11.3 Å². The Morgan fingerprint density at radius 1 is 1.25 bits per heavy atom. The minimum absolute atomic E-state index is 0.0284. The molecular weight excluding hydrogens is 383 g/mol. The highest BCUT2D eigenvalue weighted by Gasteiger charge is 2.32. The Bertz CT molecular complexity index is 892. The van der Waals surface area contributed by atoms with Crippen molar-refractivity contribution in [3.8, 4) is 5.75 Å². The van der Waals surface area contributed by atoms with Crippen LogP contribution in [0.4, 0.5) is 17.6 Å². The Kier molecular flexibility index (Phi) is 5.57. The van der Waals surface area contributed by atoms with E-state index >= 15 is 0 Å². The lowest BCUT2D eigenvalue weighted by Crippen LogP contribution is -2.34. The van der Waals surface area contributed by atoms with E-state index in [2.05, 4.69) is 9.72 Å². The average Bonchev–Trinajstić information content (AvgIpc) is 2.76. The summed E-state index contributed by atoms with van der Waals surface area (Å²) in [5, 5.41) is 18.6. The smallest absolute Gasteiger partial charge is 0.423 e. The van der Waals surface area contributed by atoms with Crippen molar-refractivity contribution >= 4 is 18.5 Å². The monoisotopic (exact) mass is 398 g/mol. The lowest BCUT2D eigenvalue weighted by atomic mass is 9.80. The van der Waals surface area contributed by atoms with E-state index in [1.165, 1.54) is 17.2 Å². The number of halogens is 4.